The molecule has 2 nitrogen and oxygen atoms in total. The third-order valence-corrected chi connectivity index (χ3v) is 2.38. The molecule has 82 valence electrons. The van der Waals surface area contributed by atoms with Gasteiger partial charge in [-0.05, 0) is 31.9 Å². The molecule has 0 fully saturated rings. The maximum Gasteiger partial charge on any atom is 0.302 e. The molecule has 0 spiro atoms. The van der Waals surface area contributed by atoms with Crippen LogP contribution < -0.4 is 0 Å². The Kier molecular flexibility index (Phi) is 3.89. The van der Waals surface area contributed by atoms with E-state index in [9.17, 15) is 4.79 Å². The van der Waals surface area contributed by atoms with Gasteiger partial charge in [0.15, 0.2) is 0 Å². The highest BCUT2D eigenvalue weighted by Gasteiger charge is 2.08. The number of hydrogen-bond donors (Lipinski definition) is 0. The molecule has 0 radical (unpaired) electrons. The van der Waals surface area contributed by atoms with Gasteiger partial charge >= 0.3 is 5.97 Å². The van der Waals surface area contributed by atoms with Crippen molar-refractivity contribution in [3.05, 3.63) is 34.9 Å². The van der Waals surface area contributed by atoms with E-state index < -0.39 is 0 Å². The van der Waals surface area contributed by atoms with E-state index in [1.807, 2.05) is 6.92 Å². The number of esters is 1. The Balaban J connectivity index is 2.71. The van der Waals surface area contributed by atoms with Crippen LogP contribution in [0.5, 0.6) is 0 Å². The lowest BCUT2D eigenvalue weighted by Gasteiger charge is -2.13. The van der Waals surface area contributed by atoms with Gasteiger partial charge in [-0.25, -0.2) is 0 Å². The van der Waals surface area contributed by atoms with E-state index >= 15 is 0 Å². The van der Waals surface area contributed by atoms with Gasteiger partial charge in [0.2, 0.25) is 0 Å². The summed E-state index contributed by atoms with van der Waals surface area (Å²) in [5, 5.41) is 0. The maximum atomic E-state index is 10.8. The lowest BCUT2D eigenvalue weighted by Crippen LogP contribution is -2.15. The van der Waals surface area contributed by atoms with Crippen LogP contribution in [0.25, 0.3) is 0 Å². The van der Waals surface area contributed by atoms with E-state index in [0.29, 0.717) is 0 Å². The van der Waals surface area contributed by atoms with Crippen molar-refractivity contribution in [1.29, 1.82) is 0 Å². The zero-order valence-corrected chi connectivity index (χ0v) is 9.83. The van der Waals surface area contributed by atoms with E-state index in [4.69, 9.17) is 4.74 Å². The Bertz CT molecular complexity index is 356. The average Bonchev–Trinajstić information content (AvgIpc) is 2.10. The summed E-state index contributed by atoms with van der Waals surface area (Å²) in [6.07, 6.45) is 0.732. The van der Waals surface area contributed by atoms with E-state index in [1.54, 1.807) is 0 Å². The van der Waals surface area contributed by atoms with Crippen molar-refractivity contribution in [3.63, 3.8) is 0 Å². The van der Waals surface area contributed by atoms with Gasteiger partial charge in [0.25, 0.3) is 0 Å². The van der Waals surface area contributed by atoms with Crippen LogP contribution in [0, 0.1) is 13.8 Å². The molecule has 0 aromatic heterocycles. The van der Waals surface area contributed by atoms with Crippen LogP contribution in [0.2, 0.25) is 0 Å². The first-order chi connectivity index (χ1) is 6.99. The molecule has 2 heteroatoms. The molecule has 0 saturated carbocycles. The van der Waals surface area contributed by atoms with Crippen molar-refractivity contribution < 1.29 is 9.53 Å². The normalized spacial score (nSPS) is 12.3. The van der Waals surface area contributed by atoms with Crippen molar-refractivity contribution in [2.75, 3.05) is 0 Å². The average molecular weight is 206 g/mol. The molecule has 1 rings (SSSR count). The van der Waals surface area contributed by atoms with Crippen LogP contribution in [-0.2, 0) is 16.0 Å². The molecule has 0 heterocycles. The molecule has 1 unspecified atom stereocenters. The molecule has 0 amide bonds. The predicted molar refractivity (Wildman–Crippen MR) is 60.8 cm³/mol. The summed E-state index contributed by atoms with van der Waals surface area (Å²) in [5.74, 6) is -0.215. The summed E-state index contributed by atoms with van der Waals surface area (Å²) >= 11 is 0. The fourth-order valence-electron chi connectivity index (χ4n) is 1.65. The van der Waals surface area contributed by atoms with Gasteiger partial charge in [0.1, 0.15) is 6.10 Å². The highest BCUT2D eigenvalue weighted by molar-refractivity contribution is 5.66. The topological polar surface area (TPSA) is 26.3 Å². The van der Waals surface area contributed by atoms with Gasteiger partial charge in [0, 0.05) is 13.3 Å². The summed E-state index contributed by atoms with van der Waals surface area (Å²) < 4.78 is 5.11. The fourth-order valence-corrected chi connectivity index (χ4v) is 1.65. The van der Waals surface area contributed by atoms with E-state index in [0.717, 1.165) is 6.42 Å². The first-order valence-electron chi connectivity index (χ1n) is 5.22. The highest BCUT2D eigenvalue weighted by Crippen LogP contribution is 2.14. The Hall–Kier alpha value is -1.31. The van der Waals surface area contributed by atoms with Crippen LogP contribution in [0.15, 0.2) is 18.2 Å². The predicted octanol–water partition coefficient (Wildman–Crippen LogP) is 2.80. The van der Waals surface area contributed by atoms with Crippen LogP contribution in [0.3, 0.4) is 0 Å². The molecule has 0 aliphatic rings. The van der Waals surface area contributed by atoms with Gasteiger partial charge < -0.3 is 4.74 Å². The Morgan fingerprint density at radius 3 is 2.67 bits per heavy atom. The monoisotopic (exact) mass is 206 g/mol. The standard InChI is InChI=1S/C13H18O2/c1-9-5-6-10(2)13(7-9)8-11(3)15-12(4)14/h5-7,11H,8H2,1-4H3. The number of rotatable bonds is 3. The summed E-state index contributed by atoms with van der Waals surface area (Å²) in [5.41, 5.74) is 3.74. The minimum absolute atomic E-state index is 0.0528. The second kappa shape index (κ2) is 4.96. The van der Waals surface area contributed by atoms with Crippen molar-refractivity contribution >= 4 is 5.97 Å². The lowest BCUT2D eigenvalue weighted by molar-refractivity contribution is -0.145. The number of benzene rings is 1. The highest BCUT2D eigenvalue weighted by atomic mass is 16.5. The third-order valence-electron chi connectivity index (χ3n) is 2.38. The van der Waals surface area contributed by atoms with E-state index in [-0.39, 0.29) is 12.1 Å². The molecule has 1 atom stereocenters. The smallest absolute Gasteiger partial charge is 0.302 e. The van der Waals surface area contributed by atoms with Crippen LogP contribution in [0.4, 0.5) is 0 Å². The van der Waals surface area contributed by atoms with Crippen molar-refractivity contribution in [3.8, 4) is 0 Å². The number of ether oxygens (including phenoxy) is 1. The van der Waals surface area contributed by atoms with Gasteiger partial charge in [0.05, 0.1) is 0 Å². The van der Waals surface area contributed by atoms with Gasteiger partial charge in [-0.3, -0.25) is 4.79 Å². The van der Waals surface area contributed by atoms with Gasteiger partial charge in [-0.2, -0.15) is 0 Å². The lowest BCUT2D eigenvalue weighted by atomic mass is 10.0. The number of hydrogen-bond acceptors (Lipinski definition) is 2. The van der Waals surface area contributed by atoms with Crippen molar-refractivity contribution in [2.24, 2.45) is 0 Å². The number of carbonyl (C=O) groups is 1. The van der Waals surface area contributed by atoms with Gasteiger partial charge in [-0.15, -0.1) is 0 Å². The Morgan fingerprint density at radius 2 is 2.07 bits per heavy atom. The second-order valence-electron chi connectivity index (χ2n) is 4.05. The SMILES string of the molecule is CC(=O)OC(C)Cc1cc(C)ccc1C. The fraction of sp³-hybridized carbons (Fsp3) is 0.462. The molecule has 0 bridgehead atoms. The maximum absolute atomic E-state index is 10.8. The van der Waals surface area contributed by atoms with Crippen molar-refractivity contribution in [2.45, 2.75) is 40.2 Å². The molecular weight excluding hydrogens is 188 g/mol. The molecular formula is C13H18O2. The van der Waals surface area contributed by atoms with E-state index in [1.165, 1.54) is 23.6 Å². The zero-order valence-electron chi connectivity index (χ0n) is 9.83. The summed E-state index contributed by atoms with van der Waals surface area (Å²) in [6, 6.07) is 6.34. The van der Waals surface area contributed by atoms with Crippen molar-refractivity contribution in [1.82, 2.24) is 0 Å². The molecule has 0 saturated heterocycles. The Labute approximate surface area is 91.3 Å². The minimum atomic E-state index is -0.215. The molecule has 15 heavy (non-hydrogen) atoms. The van der Waals surface area contributed by atoms with E-state index in [2.05, 4.69) is 32.0 Å². The second-order valence-corrected chi connectivity index (χ2v) is 4.05. The third kappa shape index (κ3) is 3.74. The van der Waals surface area contributed by atoms with Crippen LogP contribution >= 0.6 is 0 Å². The minimum Gasteiger partial charge on any atom is -0.463 e. The molecule has 1 aromatic rings. The molecule has 1 aromatic carbocycles. The first-order valence-corrected chi connectivity index (χ1v) is 5.22. The molecule has 0 aliphatic carbocycles. The zero-order chi connectivity index (χ0) is 11.4. The Morgan fingerprint density at radius 1 is 1.40 bits per heavy atom. The quantitative estimate of drug-likeness (QED) is 0.711. The summed E-state index contributed by atoms with van der Waals surface area (Å²) in [4.78, 5) is 10.8. The summed E-state index contributed by atoms with van der Waals surface area (Å²) in [6.45, 7) is 7.51. The summed E-state index contributed by atoms with van der Waals surface area (Å²) in [7, 11) is 0. The molecule has 0 aliphatic heterocycles. The largest absolute Gasteiger partial charge is 0.463 e. The first kappa shape index (κ1) is 11.8. The van der Waals surface area contributed by atoms with Crippen LogP contribution in [-0.4, -0.2) is 12.1 Å². The number of aryl methyl sites for hydroxylation is 2. The number of carbonyl (C=O) groups excluding carboxylic acids is 1. The van der Waals surface area contributed by atoms with Crippen LogP contribution in [0.1, 0.15) is 30.5 Å². The van der Waals surface area contributed by atoms with Gasteiger partial charge in [-0.1, -0.05) is 23.8 Å². The molecule has 0 N–H and O–H groups in total.